The van der Waals surface area contributed by atoms with Crippen molar-refractivity contribution < 1.29 is 14.7 Å². The first kappa shape index (κ1) is 13.7. The Balaban J connectivity index is 1.85. The van der Waals surface area contributed by atoms with Crippen LogP contribution in [-0.4, -0.2) is 46.0 Å². The number of amides is 1. The van der Waals surface area contributed by atoms with E-state index < -0.39 is 5.97 Å². The van der Waals surface area contributed by atoms with E-state index >= 15 is 0 Å². The third-order valence-corrected chi connectivity index (χ3v) is 4.92. The molecular formula is C13H21NO3S. The quantitative estimate of drug-likeness (QED) is 0.849. The number of likely N-dealkylation sites (tertiary alicyclic amines) is 1. The van der Waals surface area contributed by atoms with Gasteiger partial charge in [0.25, 0.3) is 0 Å². The predicted molar refractivity (Wildman–Crippen MR) is 71.7 cm³/mol. The van der Waals surface area contributed by atoms with E-state index in [1.165, 1.54) is 37.4 Å². The molecule has 2 atom stereocenters. The Morgan fingerprint density at radius 3 is 2.61 bits per heavy atom. The zero-order valence-electron chi connectivity index (χ0n) is 10.6. The van der Waals surface area contributed by atoms with Crippen molar-refractivity contribution in [3.8, 4) is 0 Å². The fourth-order valence-electron chi connectivity index (χ4n) is 3.24. The summed E-state index contributed by atoms with van der Waals surface area (Å²) >= 11 is 1.21. The molecule has 1 heterocycles. The molecule has 2 rings (SSSR count). The molecule has 1 saturated heterocycles. The fraction of sp³-hybridized carbons (Fsp3) is 0.846. The first-order chi connectivity index (χ1) is 8.68. The van der Waals surface area contributed by atoms with Crippen molar-refractivity contribution in [3.63, 3.8) is 0 Å². The summed E-state index contributed by atoms with van der Waals surface area (Å²) in [5, 5.41) is 8.58. The van der Waals surface area contributed by atoms with Crippen LogP contribution in [0.4, 0.5) is 0 Å². The van der Waals surface area contributed by atoms with Crippen molar-refractivity contribution in [2.24, 2.45) is 5.92 Å². The van der Waals surface area contributed by atoms with Crippen molar-refractivity contribution >= 4 is 23.6 Å². The molecule has 2 aliphatic rings. The molecule has 5 heteroatoms. The number of carbonyl (C=O) groups excluding carboxylic acids is 1. The van der Waals surface area contributed by atoms with Crippen LogP contribution in [-0.2, 0) is 9.59 Å². The Kier molecular flexibility index (Phi) is 4.92. The van der Waals surface area contributed by atoms with E-state index in [-0.39, 0.29) is 11.7 Å². The first-order valence-electron chi connectivity index (χ1n) is 6.77. The molecule has 102 valence electrons. The molecule has 2 fully saturated rings. The molecule has 0 unspecified atom stereocenters. The predicted octanol–water partition coefficient (Wildman–Crippen LogP) is 1.99. The maximum atomic E-state index is 12.1. The van der Waals surface area contributed by atoms with Crippen molar-refractivity contribution in [1.29, 1.82) is 0 Å². The van der Waals surface area contributed by atoms with E-state index in [1.807, 2.05) is 4.90 Å². The van der Waals surface area contributed by atoms with Gasteiger partial charge in [0.05, 0.1) is 11.5 Å². The molecule has 1 amide bonds. The molecule has 1 aliphatic carbocycles. The molecule has 0 aromatic heterocycles. The summed E-state index contributed by atoms with van der Waals surface area (Å²) in [4.78, 5) is 24.6. The van der Waals surface area contributed by atoms with Crippen molar-refractivity contribution in [2.45, 2.75) is 44.6 Å². The molecule has 0 aromatic rings. The molecule has 18 heavy (non-hydrogen) atoms. The van der Waals surface area contributed by atoms with E-state index in [1.54, 1.807) is 0 Å². The highest BCUT2D eigenvalue weighted by Crippen LogP contribution is 2.35. The van der Waals surface area contributed by atoms with E-state index in [0.717, 1.165) is 19.4 Å². The van der Waals surface area contributed by atoms with Crippen LogP contribution < -0.4 is 0 Å². The molecule has 1 aliphatic heterocycles. The number of rotatable bonds is 4. The molecule has 1 saturated carbocycles. The van der Waals surface area contributed by atoms with Gasteiger partial charge in [0, 0.05) is 12.6 Å². The second-order valence-electron chi connectivity index (χ2n) is 5.23. The topological polar surface area (TPSA) is 57.6 Å². The van der Waals surface area contributed by atoms with E-state index in [2.05, 4.69) is 0 Å². The van der Waals surface area contributed by atoms with E-state index in [4.69, 9.17) is 5.11 Å². The molecule has 0 bridgehead atoms. The van der Waals surface area contributed by atoms with Crippen molar-refractivity contribution in [3.05, 3.63) is 0 Å². The highest BCUT2D eigenvalue weighted by molar-refractivity contribution is 8.00. The van der Waals surface area contributed by atoms with Gasteiger partial charge in [0.15, 0.2) is 0 Å². The summed E-state index contributed by atoms with van der Waals surface area (Å²) in [7, 11) is 0. The number of carbonyl (C=O) groups is 2. The van der Waals surface area contributed by atoms with Gasteiger partial charge in [-0.3, -0.25) is 9.59 Å². The second-order valence-corrected chi connectivity index (χ2v) is 6.21. The number of carboxylic acid groups (broad SMARTS) is 1. The largest absolute Gasteiger partial charge is 0.481 e. The van der Waals surface area contributed by atoms with Crippen LogP contribution >= 0.6 is 11.8 Å². The third kappa shape index (κ3) is 3.40. The molecule has 0 spiro atoms. The second kappa shape index (κ2) is 6.45. The zero-order chi connectivity index (χ0) is 13.0. The highest BCUT2D eigenvalue weighted by Gasteiger charge is 2.35. The summed E-state index contributed by atoms with van der Waals surface area (Å²) in [5.74, 6) is 0.323. The Labute approximate surface area is 112 Å². The lowest BCUT2D eigenvalue weighted by Crippen LogP contribution is -2.50. The number of aliphatic carboxylic acids is 1. The minimum Gasteiger partial charge on any atom is -0.481 e. The van der Waals surface area contributed by atoms with Crippen molar-refractivity contribution in [1.82, 2.24) is 4.90 Å². The van der Waals surface area contributed by atoms with Gasteiger partial charge in [-0.2, -0.15) is 0 Å². The van der Waals surface area contributed by atoms with Crippen LogP contribution in [0, 0.1) is 5.92 Å². The Hall–Kier alpha value is -0.710. The summed E-state index contributed by atoms with van der Waals surface area (Å²) in [5.41, 5.74) is 0. The summed E-state index contributed by atoms with van der Waals surface area (Å²) in [6.45, 7) is 0.869. The van der Waals surface area contributed by atoms with Gasteiger partial charge < -0.3 is 10.0 Å². The first-order valence-corrected chi connectivity index (χ1v) is 7.93. The van der Waals surface area contributed by atoms with Gasteiger partial charge >= 0.3 is 5.97 Å². The monoisotopic (exact) mass is 271 g/mol. The van der Waals surface area contributed by atoms with Crippen molar-refractivity contribution in [2.75, 3.05) is 18.1 Å². The summed E-state index contributed by atoms with van der Waals surface area (Å²) < 4.78 is 0. The highest BCUT2D eigenvalue weighted by atomic mass is 32.2. The molecule has 4 nitrogen and oxygen atoms in total. The van der Waals surface area contributed by atoms with Gasteiger partial charge in [-0.25, -0.2) is 0 Å². The lowest BCUT2D eigenvalue weighted by atomic mass is 9.78. The number of hydrogen-bond donors (Lipinski definition) is 1. The van der Waals surface area contributed by atoms with Gasteiger partial charge in [0.1, 0.15) is 0 Å². The maximum Gasteiger partial charge on any atom is 0.313 e. The SMILES string of the molecule is O=C(O)CSCC(=O)N1CCC[C@H]2CCCC[C@H]21. The number of nitrogens with zero attached hydrogens (tertiary/aromatic N) is 1. The molecule has 1 N–H and O–H groups in total. The van der Waals surface area contributed by atoms with Crippen LogP contribution in [0.5, 0.6) is 0 Å². The lowest BCUT2D eigenvalue weighted by Gasteiger charge is -2.44. The lowest BCUT2D eigenvalue weighted by molar-refractivity contribution is -0.134. The fourth-order valence-corrected chi connectivity index (χ4v) is 3.86. The van der Waals surface area contributed by atoms with Crippen LogP contribution in [0.3, 0.4) is 0 Å². The van der Waals surface area contributed by atoms with Crippen LogP contribution in [0.25, 0.3) is 0 Å². The maximum absolute atomic E-state index is 12.1. The van der Waals surface area contributed by atoms with Crippen LogP contribution in [0.2, 0.25) is 0 Å². The summed E-state index contributed by atoms with van der Waals surface area (Å²) in [6.07, 6.45) is 7.30. The minimum absolute atomic E-state index is 0.0215. The van der Waals surface area contributed by atoms with Gasteiger partial charge in [-0.1, -0.05) is 12.8 Å². The minimum atomic E-state index is -0.845. The summed E-state index contributed by atoms with van der Waals surface area (Å²) in [6, 6.07) is 0.436. The smallest absolute Gasteiger partial charge is 0.313 e. The third-order valence-electron chi connectivity index (χ3n) is 4.01. The van der Waals surface area contributed by atoms with Gasteiger partial charge in [-0.05, 0) is 31.6 Å². The average Bonchev–Trinajstić information content (AvgIpc) is 2.37. The van der Waals surface area contributed by atoms with E-state index in [0.29, 0.717) is 17.7 Å². The molecular weight excluding hydrogens is 250 g/mol. The van der Waals surface area contributed by atoms with Gasteiger partial charge in [-0.15, -0.1) is 11.8 Å². The number of hydrogen-bond acceptors (Lipinski definition) is 3. The van der Waals surface area contributed by atoms with Crippen LogP contribution in [0.15, 0.2) is 0 Å². The number of piperidine rings is 1. The van der Waals surface area contributed by atoms with Gasteiger partial charge in [0.2, 0.25) is 5.91 Å². The Morgan fingerprint density at radius 2 is 1.83 bits per heavy atom. The van der Waals surface area contributed by atoms with Crippen LogP contribution in [0.1, 0.15) is 38.5 Å². The zero-order valence-corrected chi connectivity index (χ0v) is 11.5. The van der Waals surface area contributed by atoms with E-state index in [9.17, 15) is 9.59 Å². The standard InChI is InChI=1S/C13H21NO3S/c15-12(8-18-9-13(16)17)14-7-3-5-10-4-1-2-6-11(10)14/h10-11H,1-9H2,(H,16,17)/t10-,11-/m1/s1. The number of fused-ring (bicyclic) bond motifs is 1. The Morgan fingerprint density at radius 1 is 1.11 bits per heavy atom. The number of thioether (sulfide) groups is 1. The Bertz CT molecular complexity index is 319. The average molecular weight is 271 g/mol. The normalized spacial score (nSPS) is 27.7. The molecule has 0 radical (unpaired) electrons. The number of carboxylic acids is 1. The molecule has 0 aromatic carbocycles.